The second-order valence-electron chi connectivity index (χ2n) is 7.87. The van der Waals surface area contributed by atoms with E-state index in [1.165, 1.54) is 28.6 Å². The molecule has 0 saturated heterocycles. The molecule has 0 radical (unpaired) electrons. The van der Waals surface area contributed by atoms with Gasteiger partial charge in [0.25, 0.3) is 0 Å². The Hall–Kier alpha value is -2.65. The van der Waals surface area contributed by atoms with E-state index < -0.39 is 0 Å². The van der Waals surface area contributed by atoms with Crippen molar-refractivity contribution in [1.82, 2.24) is 24.9 Å². The van der Waals surface area contributed by atoms with Crippen molar-refractivity contribution in [2.24, 2.45) is 5.92 Å². The average molecular weight is 454 g/mol. The van der Waals surface area contributed by atoms with Crippen molar-refractivity contribution in [3.05, 3.63) is 46.6 Å². The van der Waals surface area contributed by atoms with Crippen LogP contribution in [0.1, 0.15) is 29.3 Å². The number of fused-ring (bicyclic) bond motifs is 5. The van der Waals surface area contributed by atoms with Gasteiger partial charge in [-0.15, -0.1) is 21.5 Å². The number of carbonyl (C=O) groups excluding carboxylic acids is 1. The molecule has 0 spiro atoms. The third kappa shape index (κ3) is 3.99. The lowest BCUT2D eigenvalue weighted by atomic mass is 9.89. The molecule has 3 heterocycles. The van der Waals surface area contributed by atoms with Gasteiger partial charge in [-0.05, 0) is 48.4 Å². The Morgan fingerprint density at radius 2 is 2.16 bits per heavy atom. The van der Waals surface area contributed by atoms with E-state index in [0.717, 1.165) is 45.9 Å². The first-order chi connectivity index (χ1) is 15.1. The molecular formula is C22H23N5O2S2. The minimum Gasteiger partial charge on any atom is -0.497 e. The van der Waals surface area contributed by atoms with Crippen molar-refractivity contribution >= 4 is 44.9 Å². The first-order valence-corrected chi connectivity index (χ1v) is 12.1. The fourth-order valence-electron chi connectivity index (χ4n) is 3.94. The van der Waals surface area contributed by atoms with Crippen LogP contribution in [0, 0.1) is 5.92 Å². The first-order valence-electron chi connectivity index (χ1n) is 10.3. The van der Waals surface area contributed by atoms with Crippen LogP contribution in [0.15, 0.2) is 35.7 Å². The lowest BCUT2D eigenvalue weighted by Gasteiger charge is -2.17. The molecular weight excluding hydrogens is 430 g/mol. The highest BCUT2D eigenvalue weighted by molar-refractivity contribution is 7.99. The molecule has 0 bridgehead atoms. The van der Waals surface area contributed by atoms with Gasteiger partial charge >= 0.3 is 0 Å². The van der Waals surface area contributed by atoms with Crippen LogP contribution >= 0.6 is 23.1 Å². The number of nitrogens with zero attached hydrogens (tertiary/aromatic N) is 4. The Morgan fingerprint density at radius 1 is 1.32 bits per heavy atom. The zero-order chi connectivity index (χ0) is 21.4. The summed E-state index contributed by atoms with van der Waals surface area (Å²) in [5.74, 6) is 1.74. The zero-order valence-corrected chi connectivity index (χ0v) is 19.1. The fraction of sp³-hybridized carbons (Fsp3) is 0.364. The van der Waals surface area contributed by atoms with Gasteiger partial charge in [0.15, 0.2) is 10.8 Å². The van der Waals surface area contributed by atoms with E-state index in [-0.39, 0.29) is 11.7 Å². The maximum absolute atomic E-state index is 12.3. The zero-order valence-electron chi connectivity index (χ0n) is 17.4. The highest BCUT2D eigenvalue weighted by Gasteiger charge is 2.24. The summed E-state index contributed by atoms with van der Waals surface area (Å²) in [6.45, 7) is 2.79. The van der Waals surface area contributed by atoms with Crippen LogP contribution in [-0.2, 0) is 24.2 Å². The van der Waals surface area contributed by atoms with Gasteiger partial charge in [-0.3, -0.25) is 9.20 Å². The molecule has 1 aromatic carbocycles. The number of thioether (sulfide) groups is 1. The molecule has 1 aliphatic rings. The molecule has 4 aromatic rings. The molecule has 0 aliphatic heterocycles. The average Bonchev–Trinajstić information content (AvgIpc) is 3.36. The first kappa shape index (κ1) is 20.3. The van der Waals surface area contributed by atoms with Crippen molar-refractivity contribution in [2.75, 3.05) is 12.9 Å². The monoisotopic (exact) mass is 453 g/mol. The van der Waals surface area contributed by atoms with Crippen molar-refractivity contribution < 1.29 is 9.53 Å². The van der Waals surface area contributed by atoms with Gasteiger partial charge in [-0.2, -0.15) is 0 Å². The van der Waals surface area contributed by atoms with Gasteiger partial charge in [0.2, 0.25) is 5.91 Å². The molecule has 31 heavy (non-hydrogen) atoms. The van der Waals surface area contributed by atoms with Gasteiger partial charge in [-0.25, -0.2) is 4.98 Å². The molecule has 7 nitrogen and oxygen atoms in total. The highest BCUT2D eigenvalue weighted by atomic mass is 32.2. The molecule has 5 rings (SSSR count). The lowest BCUT2D eigenvalue weighted by Crippen LogP contribution is -2.24. The number of aryl methyl sites for hydroxylation is 1. The number of ether oxygens (including phenoxy) is 1. The summed E-state index contributed by atoms with van der Waals surface area (Å²) in [5.41, 5.74) is 3.26. The second-order valence-corrected chi connectivity index (χ2v) is 9.89. The third-order valence-electron chi connectivity index (χ3n) is 5.65. The molecule has 1 amide bonds. The minimum atomic E-state index is -0.0477. The SMILES string of the molecule is COc1ccc(CNC(=O)CSc2nnc3c4c5c(sc4ncn23)C[C@@H](C)CC5)cc1. The van der Waals surface area contributed by atoms with E-state index in [1.807, 2.05) is 28.7 Å². The second kappa shape index (κ2) is 8.47. The number of thiophene rings is 1. The number of rotatable bonds is 6. The predicted molar refractivity (Wildman–Crippen MR) is 123 cm³/mol. The minimum absolute atomic E-state index is 0.0477. The molecule has 0 fully saturated rings. The van der Waals surface area contributed by atoms with E-state index in [1.54, 1.807) is 24.8 Å². The van der Waals surface area contributed by atoms with Crippen molar-refractivity contribution in [1.29, 1.82) is 0 Å². The highest BCUT2D eigenvalue weighted by Crippen LogP contribution is 2.39. The van der Waals surface area contributed by atoms with E-state index >= 15 is 0 Å². The summed E-state index contributed by atoms with van der Waals surface area (Å²) in [5, 5.41) is 13.6. The van der Waals surface area contributed by atoms with Crippen molar-refractivity contribution in [2.45, 2.75) is 37.9 Å². The van der Waals surface area contributed by atoms with Gasteiger partial charge in [-0.1, -0.05) is 30.8 Å². The van der Waals surface area contributed by atoms with E-state index in [2.05, 4.69) is 27.4 Å². The molecule has 160 valence electrons. The number of methoxy groups -OCH3 is 1. The largest absolute Gasteiger partial charge is 0.497 e. The molecule has 0 unspecified atom stereocenters. The van der Waals surface area contributed by atoms with E-state index in [0.29, 0.717) is 11.7 Å². The Bertz CT molecular complexity index is 1250. The summed E-state index contributed by atoms with van der Waals surface area (Å²) in [4.78, 5) is 19.5. The van der Waals surface area contributed by atoms with Crippen molar-refractivity contribution in [3.8, 4) is 5.75 Å². The normalized spacial score (nSPS) is 15.9. The molecule has 3 aromatic heterocycles. The van der Waals surface area contributed by atoms with E-state index in [4.69, 9.17) is 4.74 Å². The third-order valence-corrected chi connectivity index (χ3v) is 7.76. The van der Waals surface area contributed by atoms with Gasteiger partial charge in [0.1, 0.15) is 16.9 Å². The number of benzene rings is 1. The fourth-order valence-corrected chi connectivity index (χ4v) is 6.02. The van der Waals surface area contributed by atoms with Gasteiger partial charge in [0, 0.05) is 11.4 Å². The number of aromatic nitrogens is 4. The Morgan fingerprint density at radius 3 is 2.97 bits per heavy atom. The smallest absolute Gasteiger partial charge is 0.230 e. The van der Waals surface area contributed by atoms with Crippen LogP contribution < -0.4 is 10.1 Å². The van der Waals surface area contributed by atoms with Crippen LogP contribution in [0.3, 0.4) is 0 Å². The molecule has 1 N–H and O–H groups in total. The standard InChI is InChI=1S/C22H23N5O2S2/c1-13-3-8-16-17(9-13)31-21-19(16)20-25-26-22(27(20)12-24-21)30-11-18(28)23-10-14-4-6-15(29-2)7-5-14/h4-7,12-13H,3,8-11H2,1-2H3,(H,23,28)/t13-/m0/s1. The summed E-state index contributed by atoms with van der Waals surface area (Å²) in [6.07, 6.45) is 5.16. The van der Waals surface area contributed by atoms with E-state index in [9.17, 15) is 4.79 Å². The molecule has 1 aliphatic carbocycles. The Labute approximate surface area is 188 Å². The van der Waals surface area contributed by atoms with Crippen LogP contribution in [0.25, 0.3) is 15.9 Å². The van der Waals surface area contributed by atoms with Crippen LogP contribution in [0.2, 0.25) is 0 Å². The summed E-state index contributed by atoms with van der Waals surface area (Å²) < 4.78 is 7.07. The quantitative estimate of drug-likeness (QED) is 0.446. The van der Waals surface area contributed by atoms with Gasteiger partial charge in [0.05, 0.1) is 18.2 Å². The van der Waals surface area contributed by atoms with Crippen LogP contribution in [0.5, 0.6) is 5.75 Å². The number of hydrogen-bond acceptors (Lipinski definition) is 7. The number of hydrogen-bond donors (Lipinski definition) is 1. The number of amides is 1. The summed E-state index contributed by atoms with van der Waals surface area (Å²) in [7, 11) is 1.64. The predicted octanol–water partition coefficient (Wildman–Crippen LogP) is 3.88. The topological polar surface area (TPSA) is 81.4 Å². The molecule has 9 heteroatoms. The maximum Gasteiger partial charge on any atom is 0.230 e. The Kier molecular flexibility index (Phi) is 5.54. The van der Waals surface area contributed by atoms with Crippen LogP contribution in [-0.4, -0.2) is 38.4 Å². The maximum atomic E-state index is 12.3. The summed E-state index contributed by atoms with van der Waals surface area (Å²) >= 11 is 3.16. The van der Waals surface area contributed by atoms with Crippen molar-refractivity contribution in [3.63, 3.8) is 0 Å². The van der Waals surface area contributed by atoms with Crippen LogP contribution in [0.4, 0.5) is 0 Å². The molecule has 0 saturated carbocycles. The Balaban J connectivity index is 1.28. The summed E-state index contributed by atoms with van der Waals surface area (Å²) in [6, 6.07) is 7.65. The lowest BCUT2D eigenvalue weighted by molar-refractivity contribution is -0.118. The molecule has 1 atom stereocenters. The number of nitrogens with one attached hydrogen (secondary N) is 1. The van der Waals surface area contributed by atoms with Gasteiger partial charge < -0.3 is 10.1 Å². The number of carbonyl (C=O) groups is 1.